The number of fused-ring (bicyclic) bond motifs is 3. The van der Waals surface area contributed by atoms with Gasteiger partial charge in [-0.15, -0.1) is 0 Å². The lowest BCUT2D eigenvalue weighted by Crippen LogP contribution is -3.14. The van der Waals surface area contributed by atoms with Gasteiger partial charge in [0.05, 0.1) is 24.8 Å². The molecule has 2 atom stereocenters. The molecule has 0 aromatic heterocycles. The van der Waals surface area contributed by atoms with Gasteiger partial charge in [0.15, 0.2) is 33.2 Å². The van der Waals surface area contributed by atoms with Crippen molar-refractivity contribution >= 4 is 34.9 Å². The Morgan fingerprint density at radius 1 is 1.33 bits per heavy atom. The molecule has 1 aromatic rings. The third kappa shape index (κ3) is 2.21. The predicted molar refractivity (Wildman–Crippen MR) is 84.2 cm³/mol. The Hall–Kier alpha value is -1.74. The maximum Gasteiger partial charge on any atom is 0.346 e. The number of hydrogen-bond acceptors (Lipinski definition) is 4. The summed E-state index contributed by atoms with van der Waals surface area (Å²) in [6, 6.07) is 2.94. The van der Waals surface area contributed by atoms with Gasteiger partial charge in [-0.05, 0) is 24.8 Å². The molecule has 4 rings (SSSR count). The second kappa shape index (κ2) is 5.66. The molecule has 3 heterocycles. The lowest BCUT2D eigenvalue weighted by Gasteiger charge is -2.39. The summed E-state index contributed by atoms with van der Waals surface area (Å²) in [5.41, 5.74) is 1.14. The third-order valence-electron chi connectivity index (χ3n) is 4.73. The number of benzene rings is 1. The smallest absolute Gasteiger partial charge is 0.346 e. The van der Waals surface area contributed by atoms with Crippen LogP contribution in [-0.2, 0) is 9.53 Å². The zero-order chi connectivity index (χ0) is 17.0. The second-order valence-electron chi connectivity index (χ2n) is 6.11. The van der Waals surface area contributed by atoms with E-state index in [0.717, 1.165) is 9.80 Å². The average Bonchev–Trinajstić information content (AvgIpc) is 2.55. The fourth-order valence-electron chi connectivity index (χ4n) is 3.53. The van der Waals surface area contributed by atoms with Crippen molar-refractivity contribution in [1.29, 1.82) is 0 Å². The van der Waals surface area contributed by atoms with E-state index >= 15 is 0 Å². The number of ketones is 1. The number of rotatable bonds is 2. The van der Waals surface area contributed by atoms with Gasteiger partial charge < -0.3 is 9.84 Å². The van der Waals surface area contributed by atoms with E-state index in [2.05, 4.69) is 0 Å². The monoisotopic (exact) mass is 352 g/mol. The van der Waals surface area contributed by atoms with Crippen molar-refractivity contribution in [1.82, 2.24) is 0 Å². The first kappa shape index (κ1) is 15.8. The number of carboxylic acids is 1. The van der Waals surface area contributed by atoms with Gasteiger partial charge in [-0.25, -0.2) is 9.18 Å². The number of carbonyl (C=O) groups is 2. The number of hydrogen-bond donors (Lipinski definition) is 3. The molecule has 1 aromatic carbocycles. The van der Waals surface area contributed by atoms with Gasteiger partial charge in [0, 0.05) is 0 Å². The molecule has 3 N–H and O–H groups in total. The first-order valence-electron chi connectivity index (χ1n) is 7.82. The maximum absolute atomic E-state index is 14.6. The summed E-state index contributed by atoms with van der Waals surface area (Å²) in [5.74, 6) is -2.31. The Labute approximate surface area is 141 Å². The highest BCUT2D eigenvalue weighted by atomic mass is 32.2. The number of carbonyl (C=O) groups excluding carboxylic acids is 1. The molecule has 0 radical (unpaired) electrons. The largest absolute Gasteiger partial charge is 0.477 e. The van der Waals surface area contributed by atoms with E-state index in [0.29, 0.717) is 42.7 Å². The number of aliphatic carboxylic acids is 1. The van der Waals surface area contributed by atoms with E-state index < -0.39 is 17.6 Å². The fraction of sp³-hybridized carbons (Fsp3) is 0.375. The molecule has 0 bridgehead atoms. The van der Waals surface area contributed by atoms with E-state index in [9.17, 15) is 19.1 Å². The van der Waals surface area contributed by atoms with Gasteiger partial charge >= 0.3 is 5.97 Å². The molecule has 0 aliphatic carbocycles. The van der Waals surface area contributed by atoms with Crippen LogP contribution in [0.5, 0.6) is 0 Å². The highest BCUT2D eigenvalue weighted by Gasteiger charge is 2.51. The third-order valence-corrected chi connectivity index (χ3v) is 5.98. The predicted octanol–water partition coefficient (Wildman–Crippen LogP) is -0.526. The van der Waals surface area contributed by atoms with Crippen LogP contribution in [0.2, 0.25) is 0 Å². The van der Waals surface area contributed by atoms with Crippen LogP contribution in [0.1, 0.15) is 17.3 Å². The average molecular weight is 352 g/mol. The van der Waals surface area contributed by atoms with E-state index in [-0.39, 0.29) is 16.5 Å². The van der Waals surface area contributed by atoms with E-state index in [4.69, 9.17) is 4.74 Å². The molecule has 3 aliphatic rings. The van der Waals surface area contributed by atoms with Crippen molar-refractivity contribution in [2.24, 2.45) is 0 Å². The van der Waals surface area contributed by atoms with Crippen molar-refractivity contribution in [3.8, 4) is 0 Å². The lowest BCUT2D eigenvalue weighted by molar-refractivity contribution is -0.844. The standard InChI is InChI=1S/C16H15FN2O4S/c1-8-19-11-7-12(18-2-4-23-5-3-18)10(17)6-9(11)14(20)13(16(21)22)15(19)24-8/h6-8H,2-5H2,1H3,(H,21,22)/p+2. The van der Waals surface area contributed by atoms with Crippen LogP contribution >= 0.6 is 11.8 Å². The Bertz CT molecular complexity index is 789. The second-order valence-corrected chi connectivity index (χ2v) is 7.46. The Morgan fingerprint density at radius 2 is 2.04 bits per heavy atom. The highest BCUT2D eigenvalue weighted by Crippen LogP contribution is 2.37. The number of carboxylic acid groups (broad SMARTS) is 1. The van der Waals surface area contributed by atoms with Crippen molar-refractivity contribution in [3.63, 3.8) is 0 Å². The summed E-state index contributed by atoms with van der Waals surface area (Å²) >= 11 is 1.38. The summed E-state index contributed by atoms with van der Waals surface area (Å²) < 4.78 is 19.9. The van der Waals surface area contributed by atoms with Crippen molar-refractivity contribution < 1.29 is 33.6 Å². The number of halogens is 1. The molecule has 126 valence electrons. The molecule has 8 heteroatoms. The molecule has 24 heavy (non-hydrogen) atoms. The van der Waals surface area contributed by atoms with Gasteiger partial charge in [0.2, 0.25) is 5.78 Å². The van der Waals surface area contributed by atoms with Gasteiger partial charge in [-0.1, -0.05) is 0 Å². The van der Waals surface area contributed by atoms with Crippen molar-refractivity contribution in [3.05, 3.63) is 34.1 Å². The summed E-state index contributed by atoms with van der Waals surface area (Å²) in [5, 5.41) is 9.98. The zero-order valence-corrected chi connectivity index (χ0v) is 13.8. The number of morpholine rings is 1. The minimum atomic E-state index is -1.25. The van der Waals surface area contributed by atoms with Crippen LogP contribution in [0.4, 0.5) is 15.8 Å². The summed E-state index contributed by atoms with van der Waals surface area (Å²) in [7, 11) is 0. The molecule has 2 fully saturated rings. The van der Waals surface area contributed by atoms with Crippen LogP contribution in [-0.4, -0.2) is 48.5 Å². The van der Waals surface area contributed by atoms with Crippen LogP contribution in [0.3, 0.4) is 0 Å². The van der Waals surface area contributed by atoms with Gasteiger partial charge in [-0.3, -0.25) is 14.6 Å². The molecule has 0 amide bonds. The summed E-state index contributed by atoms with van der Waals surface area (Å²) in [4.78, 5) is 25.8. The highest BCUT2D eigenvalue weighted by molar-refractivity contribution is 8.04. The summed E-state index contributed by atoms with van der Waals surface area (Å²) in [6.07, 6.45) is 0. The number of Topliss-reactive ketones (excluding diaryl/α,β-unsaturated/α-hetero) is 1. The number of nitrogens with one attached hydrogen (secondary N) is 2. The molecule has 2 saturated heterocycles. The quantitative estimate of drug-likeness (QED) is 0.625. The van der Waals surface area contributed by atoms with Crippen LogP contribution in [0, 0.1) is 5.82 Å². The van der Waals surface area contributed by atoms with E-state index in [1.165, 1.54) is 17.8 Å². The number of thioether (sulfide) groups is 1. The molecule has 0 saturated carbocycles. The molecule has 0 spiro atoms. The summed E-state index contributed by atoms with van der Waals surface area (Å²) in [6.45, 7) is 4.45. The Kier molecular flexibility index (Phi) is 3.72. The van der Waals surface area contributed by atoms with Gasteiger partial charge in [0.25, 0.3) is 0 Å². The Morgan fingerprint density at radius 3 is 2.67 bits per heavy atom. The SMILES string of the molecule is CC1SC2=C(C(=O)O)C(=O)c3cc(F)c([NH+]4CCOCC4)cc3[NH+]21. The zero-order valence-electron chi connectivity index (χ0n) is 13.0. The maximum atomic E-state index is 14.6. The van der Waals surface area contributed by atoms with Crippen molar-refractivity contribution in [2.75, 3.05) is 26.3 Å². The van der Waals surface area contributed by atoms with Gasteiger partial charge in [-0.2, -0.15) is 0 Å². The molecule has 6 nitrogen and oxygen atoms in total. The molecule has 2 unspecified atom stereocenters. The lowest BCUT2D eigenvalue weighted by atomic mass is 9.96. The molecular formula is C16H17FN2O4S+2. The molecule has 3 aliphatic heterocycles. The topological polar surface area (TPSA) is 72.5 Å². The minimum Gasteiger partial charge on any atom is -0.477 e. The fourth-order valence-corrected chi connectivity index (χ4v) is 4.78. The van der Waals surface area contributed by atoms with E-state index in [1.807, 2.05) is 6.92 Å². The first-order valence-corrected chi connectivity index (χ1v) is 8.70. The first-order chi connectivity index (χ1) is 11.5. The van der Waals surface area contributed by atoms with Crippen LogP contribution < -0.4 is 9.80 Å². The van der Waals surface area contributed by atoms with E-state index in [1.54, 1.807) is 6.07 Å². The van der Waals surface area contributed by atoms with Gasteiger partial charge in [0.1, 0.15) is 13.1 Å². The number of ether oxygens (including phenoxy) is 1. The number of quaternary nitrogens is 2. The minimum absolute atomic E-state index is 0.0965. The van der Waals surface area contributed by atoms with Crippen molar-refractivity contribution in [2.45, 2.75) is 12.3 Å². The Balaban J connectivity index is 1.83. The molecular weight excluding hydrogens is 335 g/mol. The van der Waals surface area contributed by atoms with Crippen LogP contribution in [0.25, 0.3) is 0 Å². The normalized spacial score (nSPS) is 26.7. The van der Waals surface area contributed by atoms with Crippen LogP contribution in [0.15, 0.2) is 22.7 Å².